The van der Waals surface area contributed by atoms with Crippen LogP contribution in [0.1, 0.15) is 10.4 Å². The molecule has 0 saturated heterocycles. The molecule has 0 heterocycles. The van der Waals surface area contributed by atoms with Gasteiger partial charge in [-0.25, -0.2) is 0 Å². The van der Waals surface area contributed by atoms with E-state index in [1.807, 2.05) is 0 Å². The number of nitrogen functional groups attached to an aromatic ring is 1. The lowest BCUT2D eigenvalue weighted by Gasteiger charge is -2.13. The lowest BCUT2D eigenvalue weighted by atomic mass is 10.0. The fourth-order valence-electron chi connectivity index (χ4n) is 2.41. The molecule has 0 saturated carbocycles. The van der Waals surface area contributed by atoms with Crippen molar-refractivity contribution in [1.82, 2.24) is 0 Å². The number of anilines is 2. The van der Waals surface area contributed by atoms with Crippen molar-refractivity contribution in [3.8, 4) is 22.6 Å². The van der Waals surface area contributed by atoms with Crippen molar-refractivity contribution < 1.29 is 15.0 Å². The van der Waals surface area contributed by atoms with E-state index in [9.17, 15) is 15.0 Å². The fraction of sp³-hybridized carbons (Fsp3) is 0. The Labute approximate surface area is 139 Å². The number of hydrogen-bond donors (Lipinski definition) is 4. The second-order valence-corrected chi connectivity index (χ2v) is 5.33. The number of aromatic hydroxyl groups is 2. The van der Waals surface area contributed by atoms with Crippen LogP contribution in [0.15, 0.2) is 66.7 Å². The first kappa shape index (κ1) is 15.4. The topological polar surface area (TPSA) is 95.6 Å². The van der Waals surface area contributed by atoms with Crippen molar-refractivity contribution in [3.05, 3.63) is 72.3 Å². The molecule has 24 heavy (non-hydrogen) atoms. The number of para-hydroxylation sites is 1. The van der Waals surface area contributed by atoms with Crippen molar-refractivity contribution in [2.45, 2.75) is 0 Å². The highest BCUT2D eigenvalue weighted by Gasteiger charge is 2.14. The van der Waals surface area contributed by atoms with Crippen LogP contribution in [0.2, 0.25) is 0 Å². The Balaban J connectivity index is 1.98. The minimum atomic E-state index is -0.363. The molecule has 0 spiro atoms. The van der Waals surface area contributed by atoms with E-state index < -0.39 is 0 Å². The van der Waals surface area contributed by atoms with Gasteiger partial charge in [-0.15, -0.1) is 0 Å². The molecule has 0 unspecified atom stereocenters. The molecule has 3 aromatic carbocycles. The average molecular weight is 320 g/mol. The zero-order valence-corrected chi connectivity index (χ0v) is 12.7. The summed E-state index contributed by atoms with van der Waals surface area (Å²) >= 11 is 0. The van der Waals surface area contributed by atoms with Gasteiger partial charge in [0.05, 0.1) is 5.69 Å². The fourth-order valence-corrected chi connectivity index (χ4v) is 2.41. The summed E-state index contributed by atoms with van der Waals surface area (Å²) in [5.41, 5.74) is 8.18. The minimum Gasteiger partial charge on any atom is -0.508 e. The monoisotopic (exact) mass is 320 g/mol. The highest BCUT2D eigenvalue weighted by atomic mass is 16.3. The van der Waals surface area contributed by atoms with Crippen molar-refractivity contribution in [1.29, 1.82) is 0 Å². The highest BCUT2D eigenvalue weighted by Crippen LogP contribution is 2.36. The first-order valence-corrected chi connectivity index (χ1v) is 7.33. The van der Waals surface area contributed by atoms with Crippen molar-refractivity contribution in [2.75, 3.05) is 11.1 Å². The van der Waals surface area contributed by atoms with Crippen LogP contribution < -0.4 is 11.1 Å². The second kappa shape index (κ2) is 6.34. The van der Waals surface area contributed by atoms with Crippen LogP contribution >= 0.6 is 0 Å². The van der Waals surface area contributed by atoms with Gasteiger partial charge in [-0.3, -0.25) is 4.79 Å². The number of nitrogens with two attached hydrogens (primary N) is 1. The summed E-state index contributed by atoms with van der Waals surface area (Å²) < 4.78 is 0. The maximum Gasteiger partial charge on any atom is 0.255 e. The van der Waals surface area contributed by atoms with Crippen LogP contribution in [-0.4, -0.2) is 16.1 Å². The lowest BCUT2D eigenvalue weighted by Crippen LogP contribution is -2.12. The van der Waals surface area contributed by atoms with E-state index in [0.29, 0.717) is 22.4 Å². The SMILES string of the molecule is Nc1ccc(C(=O)Nc2c(O)cccc2-c2cccc(O)c2)cc1. The number of amides is 1. The van der Waals surface area contributed by atoms with E-state index in [4.69, 9.17) is 5.73 Å². The molecule has 5 N–H and O–H groups in total. The summed E-state index contributed by atoms with van der Waals surface area (Å²) in [6.07, 6.45) is 0. The zero-order valence-electron chi connectivity index (χ0n) is 12.7. The molecule has 5 nitrogen and oxygen atoms in total. The molecule has 0 atom stereocenters. The molecule has 0 aliphatic rings. The third kappa shape index (κ3) is 3.15. The van der Waals surface area contributed by atoms with Crippen LogP contribution in [0, 0.1) is 0 Å². The van der Waals surface area contributed by atoms with E-state index in [1.165, 1.54) is 6.07 Å². The van der Waals surface area contributed by atoms with Crippen LogP contribution in [0.5, 0.6) is 11.5 Å². The van der Waals surface area contributed by atoms with Crippen LogP contribution in [-0.2, 0) is 0 Å². The Bertz CT molecular complexity index is 889. The molecule has 3 aromatic rings. The van der Waals surface area contributed by atoms with Gasteiger partial charge in [0.25, 0.3) is 5.91 Å². The molecule has 0 bridgehead atoms. The van der Waals surface area contributed by atoms with Crippen molar-refractivity contribution in [3.63, 3.8) is 0 Å². The smallest absolute Gasteiger partial charge is 0.255 e. The van der Waals surface area contributed by atoms with E-state index in [-0.39, 0.29) is 23.1 Å². The molecule has 120 valence electrons. The largest absolute Gasteiger partial charge is 0.508 e. The number of phenols is 2. The van der Waals surface area contributed by atoms with E-state index in [1.54, 1.807) is 60.7 Å². The first-order chi connectivity index (χ1) is 11.5. The van der Waals surface area contributed by atoms with Gasteiger partial charge < -0.3 is 21.3 Å². The average Bonchev–Trinajstić information content (AvgIpc) is 2.57. The summed E-state index contributed by atoms with van der Waals surface area (Å²) in [7, 11) is 0. The molecule has 0 aliphatic carbocycles. The Morgan fingerprint density at radius 3 is 2.33 bits per heavy atom. The molecule has 5 heteroatoms. The number of carbonyl (C=O) groups excluding carboxylic acids is 1. The molecule has 0 fully saturated rings. The summed E-state index contributed by atoms with van der Waals surface area (Å²) in [5, 5.41) is 22.5. The third-order valence-corrected chi connectivity index (χ3v) is 3.61. The molecular weight excluding hydrogens is 304 g/mol. The van der Waals surface area contributed by atoms with Gasteiger partial charge >= 0.3 is 0 Å². The van der Waals surface area contributed by atoms with Gasteiger partial charge in [0.1, 0.15) is 11.5 Å². The van der Waals surface area contributed by atoms with Crippen molar-refractivity contribution in [2.24, 2.45) is 0 Å². The Kier molecular flexibility index (Phi) is 4.07. The molecule has 0 aliphatic heterocycles. The zero-order chi connectivity index (χ0) is 17.1. The summed E-state index contributed by atoms with van der Waals surface area (Å²) in [5.74, 6) is -0.316. The van der Waals surface area contributed by atoms with Crippen LogP contribution in [0.3, 0.4) is 0 Å². The van der Waals surface area contributed by atoms with Crippen LogP contribution in [0.4, 0.5) is 11.4 Å². The van der Waals surface area contributed by atoms with E-state index >= 15 is 0 Å². The third-order valence-electron chi connectivity index (χ3n) is 3.61. The van der Waals surface area contributed by atoms with Crippen LogP contribution in [0.25, 0.3) is 11.1 Å². The molecule has 0 radical (unpaired) electrons. The maximum absolute atomic E-state index is 12.4. The Morgan fingerprint density at radius 1 is 0.917 bits per heavy atom. The predicted octanol–water partition coefficient (Wildman–Crippen LogP) is 3.60. The minimum absolute atomic E-state index is 0.0559. The summed E-state index contributed by atoms with van der Waals surface area (Å²) in [6.45, 7) is 0. The number of carbonyl (C=O) groups is 1. The Hall–Kier alpha value is -3.47. The molecule has 0 aromatic heterocycles. The molecular formula is C19H16N2O3. The number of rotatable bonds is 3. The quantitative estimate of drug-likeness (QED) is 0.438. The number of hydrogen-bond acceptors (Lipinski definition) is 4. The second-order valence-electron chi connectivity index (χ2n) is 5.33. The number of nitrogens with one attached hydrogen (secondary N) is 1. The van der Waals surface area contributed by atoms with Gasteiger partial charge in [-0.2, -0.15) is 0 Å². The number of phenolic OH excluding ortho intramolecular Hbond substituents is 2. The lowest BCUT2D eigenvalue weighted by molar-refractivity contribution is 0.102. The Morgan fingerprint density at radius 2 is 1.62 bits per heavy atom. The summed E-state index contributed by atoms with van der Waals surface area (Å²) in [6, 6.07) is 18.0. The normalized spacial score (nSPS) is 10.3. The van der Waals surface area contributed by atoms with Gasteiger partial charge in [-0.1, -0.05) is 24.3 Å². The highest BCUT2D eigenvalue weighted by molar-refractivity contribution is 6.07. The van der Waals surface area contributed by atoms with Gasteiger partial charge in [0.2, 0.25) is 0 Å². The summed E-state index contributed by atoms with van der Waals surface area (Å²) in [4.78, 5) is 12.4. The van der Waals surface area contributed by atoms with Gasteiger partial charge in [-0.05, 0) is 48.0 Å². The van der Waals surface area contributed by atoms with E-state index in [2.05, 4.69) is 5.32 Å². The molecule has 3 rings (SSSR count). The standard InChI is InChI=1S/C19H16N2O3/c20-14-9-7-12(8-10-14)19(24)21-18-16(5-2-6-17(18)23)13-3-1-4-15(22)11-13/h1-11,22-23H,20H2,(H,21,24). The van der Waals surface area contributed by atoms with E-state index in [0.717, 1.165) is 0 Å². The van der Waals surface area contributed by atoms with Gasteiger partial charge in [0.15, 0.2) is 0 Å². The molecule has 1 amide bonds. The maximum atomic E-state index is 12.4. The van der Waals surface area contributed by atoms with Gasteiger partial charge in [0, 0.05) is 16.8 Å². The predicted molar refractivity (Wildman–Crippen MR) is 94.0 cm³/mol. The van der Waals surface area contributed by atoms with Crippen molar-refractivity contribution >= 4 is 17.3 Å². The first-order valence-electron chi connectivity index (χ1n) is 7.33. The number of benzene rings is 3.